The summed E-state index contributed by atoms with van der Waals surface area (Å²) in [5.41, 5.74) is 5.30. The molecule has 0 aromatic carbocycles. The first-order valence-electron chi connectivity index (χ1n) is 6.41. The fourth-order valence-corrected chi connectivity index (χ4v) is 2.54. The lowest BCUT2D eigenvalue weighted by Gasteiger charge is -2.24. The number of alkyl halides is 1. The third-order valence-corrected chi connectivity index (χ3v) is 3.84. The molecule has 7 heteroatoms. The Balaban J connectivity index is 2.44. The lowest BCUT2D eigenvalue weighted by atomic mass is 10.1. The Hall–Kier alpha value is -1.11. The molecule has 1 unspecified atom stereocenters. The minimum absolute atomic E-state index is 0.0255. The summed E-state index contributed by atoms with van der Waals surface area (Å²) in [7, 11) is 0. The van der Waals surface area contributed by atoms with Gasteiger partial charge in [0.25, 0.3) is 0 Å². The number of halogens is 1. The molecule has 6 nitrogen and oxygen atoms in total. The molecule has 0 aromatic rings. The van der Waals surface area contributed by atoms with Gasteiger partial charge in [-0.3, -0.25) is 14.4 Å². The van der Waals surface area contributed by atoms with E-state index >= 15 is 0 Å². The van der Waals surface area contributed by atoms with Crippen molar-refractivity contribution >= 4 is 33.7 Å². The zero-order valence-electron chi connectivity index (χ0n) is 11.0. The zero-order chi connectivity index (χ0) is 14.4. The number of rotatable bonds is 7. The van der Waals surface area contributed by atoms with Gasteiger partial charge in [0.15, 0.2) is 0 Å². The van der Waals surface area contributed by atoms with Crippen molar-refractivity contribution in [2.24, 2.45) is 11.7 Å². The molecule has 0 bridgehead atoms. The van der Waals surface area contributed by atoms with Crippen LogP contribution in [-0.2, 0) is 14.4 Å². The van der Waals surface area contributed by atoms with E-state index in [2.05, 4.69) is 21.2 Å². The van der Waals surface area contributed by atoms with Crippen LogP contribution in [0.2, 0.25) is 0 Å². The highest BCUT2D eigenvalue weighted by molar-refractivity contribution is 9.09. The van der Waals surface area contributed by atoms with Crippen molar-refractivity contribution < 1.29 is 14.4 Å². The fraction of sp³-hybridized carbons (Fsp3) is 0.750. The molecule has 0 aliphatic carbocycles. The number of nitrogens with two attached hydrogens (primary N) is 1. The van der Waals surface area contributed by atoms with E-state index in [0.29, 0.717) is 25.9 Å². The molecular formula is C12H20BrN3O3. The monoisotopic (exact) mass is 333 g/mol. The molecule has 2 atom stereocenters. The van der Waals surface area contributed by atoms with Gasteiger partial charge in [0.05, 0.1) is 5.33 Å². The molecule has 3 amide bonds. The molecule has 1 fully saturated rings. The smallest absolute Gasteiger partial charge is 0.240 e. The summed E-state index contributed by atoms with van der Waals surface area (Å²) in [6, 6.07) is -0.505. The Morgan fingerprint density at radius 1 is 1.58 bits per heavy atom. The quantitative estimate of drug-likeness (QED) is 0.642. The topological polar surface area (TPSA) is 92.5 Å². The number of nitrogens with zero attached hydrogens (tertiary/aromatic N) is 1. The van der Waals surface area contributed by atoms with Crippen molar-refractivity contribution in [3.8, 4) is 0 Å². The molecule has 19 heavy (non-hydrogen) atoms. The third kappa shape index (κ3) is 4.49. The highest BCUT2D eigenvalue weighted by atomic mass is 79.9. The third-order valence-electron chi connectivity index (χ3n) is 3.33. The lowest BCUT2D eigenvalue weighted by Crippen LogP contribution is -2.45. The van der Waals surface area contributed by atoms with Crippen LogP contribution < -0.4 is 11.1 Å². The van der Waals surface area contributed by atoms with Crippen LogP contribution in [0.1, 0.15) is 26.2 Å². The van der Waals surface area contributed by atoms with Gasteiger partial charge in [0.2, 0.25) is 17.7 Å². The van der Waals surface area contributed by atoms with E-state index in [1.807, 2.05) is 6.92 Å². The molecule has 1 heterocycles. The Bertz CT molecular complexity index is 362. The number of carbonyl (C=O) groups is 3. The minimum atomic E-state index is -0.505. The number of amides is 3. The standard InChI is InChI=1S/C12H20BrN3O3/c1-2-9(12(14)19)16-7-8(5-11(16)18)3-4-15-10(17)6-13/h8-9H,2-7H2,1H3,(H2,14,19)(H,15,17)/t8?,9-/m0/s1. The molecule has 1 saturated heterocycles. The van der Waals surface area contributed by atoms with Crippen LogP contribution >= 0.6 is 15.9 Å². The predicted octanol–water partition coefficient (Wildman–Crippen LogP) is 0.0000000000000000555. The van der Waals surface area contributed by atoms with Crippen LogP contribution in [0.4, 0.5) is 0 Å². The first-order valence-corrected chi connectivity index (χ1v) is 7.53. The molecule has 0 spiro atoms. The number of primary amides is 1. The van der Waals surface area contributed by atoms with Crippen LogP contribution in [0, 0.1) is 5.92 Å². The van der Waals surface area contributed by atoms with Crippen molar-refractivity contribution in [3.05, 3.63) is 0 Å². The zero-order valence-corrected chi connectivity index (χ0v) is 12.6. The van der Waals surface area contributed by atoms with Gasteiger partial charge in [-0.2, -0.15) is 0 Å². The molecule has 0 aromatic heterocycles. The minimum Gasteiger partial charge on any atom is -0.368 e. The van der Waals surface area contributed by atoms with Crippen molar-refractivity contribution in [2.75, 3.05) is 18.4 Å². The van der Waals surface area contributed by atoms with Crippen LogP contribution in [-0.4, -0.2) is 47.1 Å². The van der Waals surface area contributed by atoms with E-state index in [4.69, 9.17) is 5.73 Å². The van der Waals surface area contributed by atoms with Gasteiger partial charge in [-0.05, 0) is 18.8 Å². The van der Waals surface area contributed by atoms with Gasteiger partial charge >= 0.3 is 0 Å². The molecule has 1 aliphatic heterocycles. The lowest BCUT2D eigenvalue weighted by molar-refractivity contribution is -0.136. The molecular weight excluding hydrogens is 314 g/mol. The van der Waals surface area contributed by atoms with E-state index in [9.17, 15) is 14.4 Å². The van der Waals surface area contributed by atoms with E-state index in [0.717, 1.165) is 6.42 Å². The van der Waals surface area contributed by atoms with Crippen LogP contribution in [0.15, 0.2) is 0 Å². The highest BCUT2D eigenvalue weighted by Gasteiger charge is 2.35. The van der Waals surface area contributed by atoms with Gasteiger partial charge in [-0.25, -0.2) is 0 Å². The number of hydrogen-bond acceptors (Lipinski definition) is 3. The van der Waals surface area contributed by atoms with Crippen molar-refractivity contribution in [1.29, 1.82) is 0 Å². The second-order valence-electron chi connectivity index (χ2n) is 4.71. The Kier molecular flexibility index (Phi) is 6.27. The maximum absolute atomic E-state index is 11.9. The SMILES string of the molecule is CC[C@@H](C(N)=O)N1CC(CCNC(=O)CBr)CC1=O. The molecule has 0 radical (unpaired) electrons. The Morgan fingerprint density at radius 3 is 2.79 bits per heavy atom. The average molecular weight is 334 g/mol. The van der Waals surface area contributed by atoms with Crippen molar-refractivity contribution in [1.82, 2.24) is 10.2 Å². The molecule has 1 rings (SSSR count). The first kappa shape index (κ1) is 15.9. The van der Waals surface area contributed by atoms with Gasteiger partial charge < -0.3 is 16.0 Å². The summed E-state index contributed by atoms with van der Waals surface area (Å²) < 4.78 is 0. The van der Waals surface area contributed by atoms with E-state index in [1.54, 1.807) is 4.90 Å². The fourth-order valence-electron chi connectivity index (χ4n) is 2.34. The molecule has 108 valence electrons. The second-order valence-corrected chi connectivity index (χ2v) is 5.28. The number of nitrogens with one attached hydrogen (secondary N) is 1. The predicted molar refractivity (Wildman–Crippen MR) is 74.5 cm³/mol. The summed E-state index contributed by atoms with van der Waals surface area (Å²) in [5, 5.41) is 3.03. The van der Waals surface area contributed by atoms with Crippen molar-refractivity contribution in [2.45, 2.75) is 32.2 Å². The highest BCUT2D eigenvalue weighted by Crippen LogP contribution is 2.23. The first-order chi connectivity index (χ1) is 8.99. The summed E-state index contributed by atoms with van der Waals surface area (Å²) >= 11 is 3.07. The maximum Gasteiger partial charge on any atom is 0.240 e. The Labute approximate surface area is 121 Å². The van der Waals surface area contributed by atoms with Crippen LogP contribution in [0.5, 0.6) is 0 Å². The second kappa shape index (κ2) is 7.47. The van der Waals surface area contributed by atoms with E-state index < -0.39 is 11.9 Å². The van der Waals surface area contributed by atoms with Gasteiger partial charge in [-0.15, -0.1) is 0 Å². The average Bonchev–Trinajstić information content (AvgIpc) is 2.71. The number of hydrogen-bond donors (Lipinski definition) is 2. The van der Waals surface area contributed by atoms with Crippen LogP contribution in [0.3, 0.4) is 0 Å². The summed E-state index contributed by atoms with van der Waals surface area (Å²) in [4.78, 5) is 35.8. The van der Waals surface area contributed by atoms with Gasteiger partial charge in [-0.1, -0.05) is 22.9 Å². The largest absolute Gasteiger partial charge is 0.368 e. The Morgan fingerprint density at radius 2 is 2.26 bits per heavy atom. The summed E-state index contributed by atoms with van der Waals surface area (Å²) in [6.07, 6.45) is 1.69. The van der Waals surface area contributed by atoms with E-state index in [-0.39, 0.29) is 23.1 Å². The summed E-state index contributed by atoms with van der Waals surface area (Å²) in [6.45, 7) is 2.93. The maximum atomic E-state index is 11.9. The number of likely N-dealkylation sites (tertiary alicyclic amines) is 1. The van der Waals surface area contributed by atoms with Crippen molar-refractivity contribution in [3.63, 3.8) is 0 Å². The van der Waals surface area contributed by atoms with Gasteiger partial charge in [0, 0.05) is 19.5 Å². The molecule has 0 saturated carbocycles. The van der Waals surface area contributed by atoms with Gasteiger partial charge in [0.1, 0.15) is 6.04 Å². The molecule has 3 N–H and O–H groups in total. The van der Waals surface area contributed by atoms with Crippen LogP contribution in [0.25, 0.3) is 0 Å². The summed E-state index contributed by atoms with van der Waals surface area (Å²) in [5.74, 6) is -0.368. The normalized spacial score (nSPS) is 20.4. The van der Waals surface area contributed by atoms with E-state index in [1.165, 1.54) is 0 Å². The molecule has 1 aliphatic rings. The number of carbonyl (C=O) groups excluding carboxylic acids is 3.